The molecule has 1 amide bonds. The summed E-state index contributed by atoms with van der Waals surface area (Å²) in [5.74, 6) is -0.310. The monoisotopic (exact) mass is 446 g/mol. The molecule has 1 aliphatic carbocycles. The number of aryl methyl sites for hydroxylation is 2. The molecule has 0 bridgehead atoms. The molecule has 0 radical (unpaired) electrons. The van der Waals surface area contributed by atoms with E-state index in [1.165, 1.54) is 34.0 Å². The van der Waals surface area contributed by atoms with Gasteiger partial charge in [0.2, 0.25) is 10.0 Å². The highest BCUT2D eigenvalue weighted by Gasteiger charge is 2.29. The van der Waals surface area contributed by atoms with Gasteiger partial charge in [-0.3, -0.25) is 4.79 Å². The van der Waals surface area contributed by atoms with Crippen LogP contribution in [0, 0.1) is 0 Å². The number of hydrogen-bond donors (Lipinski definition) is 1. The molecular weight excluding hydrogens is 420 g/mol. The lowest BCUT2D eigenvalue weighted by Gasteiger charge is -2.26. The van der Waals surface area contributed by atoms with Crippen LogP contribution in [0.4, 0.5) is 0 Å². The summed E-state index contributed by atoms with van der Waals surface area (Å²) in [5.41, 5.74) is 4.10. The van der Waals surface area contributed by atoms with Crippen LogP contribution in [0.15, 0.2) is 41.3 Å². The molecule has 0 unspecified atom stereocenters. The van der Waals surface area contributed by atoms with Gasteiger partial charge in [0, 0.05) is 18.7 Å². The zero-order valence-electron chi connectivity index (χ0n) is 17.2. The second-order valence-electron chi connectivity index (χ2n) is 8.19. The van der Waals surface area contributed by atoms with Gasteiger partial charge in [-0.2, -0.15) is 4.31 Å². The van der Waals surface area contributed by atoms with Crippen molar-refractivity contribution in [3.63, 3.8) is 0 Å². The van der Waals surface area contributed by atoms with E-state index in [1.54, 1.807) is 6.07 Å². The Kier molecular flexibility index (Phi) is 6.19. The first-order chi connectivity index (χ1) is 14.4. The summed E-state index contributed by atoms with van der Waals surface area (Å²) in [6.45, 7) is 2.92. The third-order valence-electron chi connectivity index (χ3n) is 6.10. The first-order valence-corrected chi connectivity index (χ1v) is 12.4. The zero-order valence-corrected chi connectivity index (χ0v) is 18.7. The molecule has 1 heterocycles. The lowest BCUT2D eigenvalue weighted by Crippen LogP contribution is -2.36. The van der Waals surface area contributed by atoms with E-state index in [0.717, 1.165) is 37.7 Å². The van der Waals surface area contributed by atoms with Gasteiger partial charge in [0.25, 0.3) is 5.91 Å². The van der Waals surface area contributed by atoms with Gasteiger partial charge in [-0.25, -0.2) is 8.42 Å². The largest absolute Gasteiger partial charge is 0.346 e. The molecule has 5 nitrogen and oxygen atoms in total. The summed E-state index contributed by atoms with van der Waals surface area (Å²) >= 11 is 6.22. The van der Waals surface area contributed by atoms with Crippen LogP contribution >= 0.6 is 11.6 Å². The molecule has 2 aliphatic rings. The maximum atomic E-state index is 13.0. The molecule has 1 fully saturated rings. The molecule has 30 heavy (non-hydrogen) atoms. The number of nitrogens with one attached hydrogen (secondary N) is 1. The molecule has 1 saturated heterocycles. The molecule has 160 valence electrons. The highest BCUT2D eigenvalue weighted by molar-refractivity contribution is 7.89. The normalized spacial score (nSPS) is 18.1. The predicted octanol–water partition coefficient (Wildman–Crippen LogP) is 4.49. The molecule has 0 aromatic heterocycles. The third kappa shape index (κ3) is 4.27. The summed E-state index contributed by atoms with van der Waals surface area (Å²) in [7, 11) is -3.71. The maximum absolute atomic E-state index is 13.0. The minimum absolute atomic E-state index is 0.00361. The fraction of sp³-hybridized carbons (Fsp3) is 0.435. The Morgan fingerprint density at radius 1 is 1.00 bits per heavy atom. The number of fused-ring (bicyclic) bond motifs is 1. The Morgan fingerprint density at radius 2 is 1.73 bits per heavy atom. The SMILES string of the molecule is C[C@@H](NC(=O)c1ccc(Cl)c(S(=O)(=O)N2CCCCC2)c1)c1ccc2c(c1)CCC2. The molecule has 7 heteroatoms. The minimum atomic E-state index is -3.71. The van der Waals surface area contributed by atoms with E-state index in [1.807, 2.05) is 6.92 Å². The van der Waals surface area contributed by atoms with Crippen molar-refractivity contribution in [2.75, 3.05) is 13.1 Å². The van der Waals surface area contributed by atoms with E-state index < -0.39 is 10.0 Å². The second kappa shape index (κ2) is 8.69. The van der Waals surface area contributed by atoms with Crippen LogP contribution in [0.2, 0.25) is 5.02 Å². The van der Waals surface area contributed by atoms with Gasteiger partial charge in [-0.05, 0) is 73.9 Å². The van der Waals surface area contributed by atoms with Crippen molar-refractivity contribution >= 4 is 27.5 Å². The average Bonchev–Trinajstić information content (AvgIpc) is 3.22. The number of piperidine rings is 1. The maximum Gasteiger partial charge on any atom is 0.251 e. The number of hydrogen-bond acceptors (Lipinski definition) is 3. The van der Waals surface area contributed by atoms with E-state index in [0.29, 0.717) is 18.7 Å². The van der Waals surface area contributed by atoms with Crippen molar-refractivity contribution < 1.29 is 13.2 Å². The molecule has 2 aromatic rings. The topological polar surface area (TPSA) is 66.5 Å². The molecule has 2 aromatic carbocycles. The standard InChI is InChI=1S/C23H27ClN2O3S/c1-16(18-9-8-17-6-5-7-19(17)14-18)25-23(27)20-10-11-21(24)22(15-20)30(28,29)26-12-3-2-4-13-26/h8-11,14-16H,2-7,12-13H2,1H3,(H,25,27)/t16-/m1/s1. The summed E-state index contributed by atoms with van der Waals surface area (Å²) in [5, 5.41) is 3.13. The highest BCUT2D eigenvalue weighted by Crippen LogP contribution is 2.29. The second-order valence-corrected chi connectivity index (χ2v) is 10.5. The van der Waals surface area contributed by atoms with Gasteiger partial charge in [-0.1, -0.05) is 36.2 Å². The van der Waals surface area contributed by atoms with E-state index >= 15 is 0 Å². The van der Waals surface area contributed by atoms with Gasteiger partial charge in [0.1, 0.15) is 4.90 Å². The number of nitrogens with zero attached hydrogens (tertiary/aromatic N) is 1. The number of amides is 1. The third-order valence-corrected chi connectivity index (χ3v) is 8.48. The van der Waals surface area contributed by atoms with Gasteiger partial charge >= 0.3 is 0 Å². The van der Waals surface area contributed by atoms with Gasteiger partial charge in [-0.15, -0.1) is 0 Å². The Labute approximate surface area is 183 Å². The summed E-state index contributed by atoms with van der Waals surface area (Å²) in [6, 6.07) is 10.7. The first-order valence-electron chi connectivity index (χ1n) is 10.6. The smallest absolute Gasteiger partial charge is 0.251 e. The zero-order chi connectivity index (χ0) is 21.3. The van der Waals surface area contributed by atoms with Crippen LogP contribution in [0.1, 0.15) is 65.7 Å². The summed E-state index contributed by atoms with van der Waals surface area (Å²) < 4.78 is 27.6. The van der Waals surface area contributed by atoms with Crippen LogP contribution in [-0.2, 0) is 22.9 Å². The fourth-order valence-electron chi connectivity index (χ4n) is 4.31. The lowest BCUT2D eigenvalue weighted by molar-refractivity contribution is 0.0939. The highest BCUT2D eigenvalue weighted by atomic mass is 35.5. The number of sulfonamides is 1. The van der Waals surface area contributed by atoms with E-state index in [4.69, 9.17) is 11.6 Å². The summed E-state index contributed by atoms with van der Waals surface area (Å²) in [6.07, 6.45) is 6.10. The Hall–Kier alpha value is -1.89. The minimum Gasteiger partial charge on any atom is -0.346 e. The molecular formula is C23H27ClN2O3S. The predicted molar refractivity (Wildman–Crippen MR) is 118 cm³/mol. The van der Waals surface area contributed by atoms with Crippen LogP contribution < -0.4 is 5.32 Å². The van der Waals surface area contributed by atoms with Gasteiger partial charge in [0.15, 0.2) is 0 Å². The average molecular weight is 447 g/mol. The van der Waals surface area contributed by atoms with Crippen LogP contribution in [-0.4, -0.2) is 31.7 Å². The first kappa shape index (κ1) is 21.3. The Morgan fingerprint density at radius 3 is 2.50 bits per heavy atom. The summed E-state index contributed by atoms with van der Waals surface area (Å²) in [4.78, 5) is 12.9. The number of rotatable bonds is 5. The van der Waals surface area contributed by atoms with E-state index in [-0.39, 0.29) is 21.9 Å². The van der Waals surface area contributed by atoms with Crippen molar-refractivity contribution in [3.8, 4) is 0 Å². The number of carbonyl (C=O) groups is 1. The number of benzene rings is 2. The van der Waals surface area contributed by atoms with Crippen LogP contribution in [0.5, 0.6) is 0 Å². The van der Waals surface area contributed by atoms with E-state index in [2.05, 4.69) is 23.5 Å². The Bertz CT molecular complexity index is 1060. The fourth-order valence-corrected chi connectivity index (χ4v) is 6.33. The quantitative estimate of drug-likeness (QED) is 0.735. The van der Waals surface area contributed by atoms with Crippen molar-refractivity contribution in [2.24, 2.45) is 0 Å². The van der Waals surface area contributed by atoms with Crippen molar-refractivity contribution in [3.05, 3.63) is 63.7 Å². The molecule has 1 atom stereocenters. The van der Waals surface area contributed by atoms with Crippen LogP contribution in [0.3, 0.4) is 0 Å². The lowest BCUT2D eigenvalue weighted by atomic mass is 10.0. The molecule has 1 aliphatic heterocycles. The molecule has 4 rings (SSSR count). The molecule has 0 spiro atoms. The Balaban J connectivity index is 1.54. The number of carbonyl (C=O) groups excluding carboxylic acids is 1. The van der Waals surface area contributed by atoms with Gasteiger partial charge in [0.05, 0.1) is 11.1 Å². The van der Waals surface area contributed by atoms with Crippen molar-refractivity contribution in [1.29, 1.82) is 0 Å². The molecule has 1 N–H and O–H groups in total. The van der Waals surface area contributed by atoms with E-state index in [9.17, 15) is 13.2 Å². The van der Waals surface area contributed by atoms with Crippen molar-refractivity contribution in [1.82, 2.24) is 9.62 Å². The van der Waals surface area contributed by atoms with Gasteiger partial charge < -0.3 is 5.32 Å². The van der Waals surface area contributed by atoms with Crippen molar-refractivity contribution in [2.45, 2.75) is 56.4 Å². The van der Waals surface area contributed by atoms with Crippen LogP contribution in [0.25, 0.3) is 0 Å². The number of halogens is 1. The molecule has 0 saturated carbocycles.